The highest BCUT2D eigenvalue weighted by molar-refractivity contribution is 7.88. The standard InChI is InChI=1S/C12H24N2O5S/c1-19-10-8-13(7-9-15)12(16)11-3-5-14(6-4-11)20(2,17)18/h11,15H,3-10H2,1-2H3. The summed E-state index contributed by atoms with van der Waals surface area (Å²) in [6.07, 6.45) is 2.24. The van der Waals surface area contributed by atoms with Crippen LogP contribution in [0.5, 0.6) is 0 Å². The second kappa shape index (κ2) is 7.92. The number of nitrogens with zero attached hydrogens (tertiary/aromatic N) is 2. The van der Waals surface area contributed by atoms with Gasteiger partial charge in [-0.3, -0.25) is 4.79 Å². The van der Waals surface area contributed by atoms with Gasteiger partial charge in [0.1, 0.15) is 0 Å². The van der Waals surface area contributed by atoms with Crippen molar-refractivity contribution < 1.29 is 23.1 Å². The van der Waals surface area contributed by atoms with E-state index in [1.807, 2.05) is 0 Å². The second-order valence-corrected chi connectivity index (χ2v) is 6.96. The maximum absolute atomic E-state index is 12.3. The van der Waals surface area contributed by atoms with Gasteiger partial charge in [0.15, 0.2) is 0 Å². The molecule has 0 saturated carbocycles. The second-order valence-electron chi connectivity index (χ2n) is 4.98. The predicted molar refractivity (Wildman–Crippen MR) is 74.7 cm³/mol. The molecule has 0 unspecified atom stereocenters. The number of methoxy groups -OCH3 is 1. The van der Waals surface area contributed by atoms with Crippen molar-refractivity contribution in [3.63, 3.8) is 0 Å². The van der Waals surface area contributed by atoms with Gasteiger partial charge in [0.2, 0.25) is 15.9 Å². The Morgan fingerprint density at radius 3 is 2.40 bits per heavy atom. The molecule has 1 aliphatic heterocycles. The molecule has 0 spiro atoms. The van der Waals surface area contributed by atoms with Crippen molar-refractivity contribution in [2.75, 3.05) is 52.8 Å². The van der Waals surface area contributed by atoms with E-state index in [1.54, 1.807) is 12.0 Å². The molecule has 1 fully saturated rings. The molecule has 1 amide bonds. The third kappa shape index (κ3) is 5.01. The number of rotatable bonds is 7. The van der Waals surface area contributed by atoms with Gasteiger partial charge >= 0.3 is 0 Å². The summed E-state index contributed by atoms with van der Waals surface area (Å²) >= 11 is 0. The van der Waals surface area contributed by atoms with Gasteiger partial charge in [-0.2, -0.15) is 0 Å². The summed E-state index contributed by atoms with van der Waals surface area (Å²) in [6, 6.07) is 0. The first-order chi connectivity index (χ1) is 9.40. The molecular formula is C12H24N2O5S. The van der Waals surface area contributed by atoms with Gasteiger partial charge in [-0.1, -0.05) is 0 Å². The Morgan fingerprint density at radius 1 is 1.35 bits per heavy atom. The fourth-order valence-corrected chi connectivity index (χ4v) is 3.22. The molecule has 0 atom stereocenters. The monoisotopic (exact) mass is 308 g/mol. The number of ether oxygens (including phenoxy) is 1. The summed E-state index contributed by atoms with van der Waals surface area (Å²) in [5.41, 5.74) is 0. The average molecular weight is 308 g/mol. The molecular weight excluding hydrogens is 284 g/mol. The molecule has 0 radical (unpaired) electrons. The van der Waals surface area contributed by atoms with Gasteiger partial charge in [0.25, 0.3) is 0 Å². The van der Waals surface area contributed by atoms with E-state index in [-0.39, 0.29) is 25.0 Å². The van der Waals surface area contributed by atoms with Crippen molar-refractivity contribution in [2.45, 2.75) is 12.8 Å². The zero-order valence-electron chi connectivity index (χ0n) is 12.1. The normalized spacial score (nSPS) is 18.1. The number of carbonyl (C=O) groups is 1. The molecule has 0 aromatic carbocycles. The number of aliphatic hydroxyl groups is 1. The third-order valence-corrected chi connectivity index (χ3v) is 4.82. The van der Waals surface area contributed by atoms with Crippen LogP contribution in [0.1, 0.15) is 12.8 Å². The van der Waals surface area contributed by atoms with Crippen molar-refractivity contribution in [1.29, 1.82) is 0 Å². The quantitative estimate of drug-likeness (QED) is 0.660. The van der Waals surface area contributed by atoms with Crippen LogP contribution in [0.2, 0.25) is 0 Å². The summed E-state index contributed by atoms with van der Waals surface area (Å²) in [6.45, 7) is 1.83. The molecule has 118 valence electrons. The lowest BCUT2D eigenvalue weighted by Gasteiger charge is -2.32. The van der Waals surface area contributed by atoms with Crippen LogP contribution in [-0.2, 0) is 19.6 Å². The Hall–Kier alpha value is -0.700. The number of amides is 1. The summed E-state index contributed by atoms with van der Waals surface area (Å²) in [4.78, 5) is 13.9. The van der Waals surface area contributed by atoms with E-state index in [9.17, 15) is 13.2 Å². The number of aliphatic hydroxyl groups excluding tert-OH is 1. The van der Waals surface area contributed by atoms with Crippen LogP contribution < -0.4 is 0 Å². The van der Waals surface area contributed by atoms with Gasteiger partial charge in [-0.25, -0.2) is 12.7 Å². The first kappa shape index (κ1) is 17.4. The molecule has 0 bridgehead atoms. The fraction of sp³-hybridized carbons (Fsp3) is 0.917. The fourth-order valence-electron chi connectivity index (χ4n) is 2.35. The van der Waals surface area contributed by atoms with Crippen LogP contribution in [0.4, 0.5) is 0 Å². The van der Waals surface area contributed by atoms with E-state index >= 15 is 0 Å². The van der Waals surface area contributed by atoms with Crippen molar-refractivity contribution in [3.8, 4) is 0 Å². The van der Waals surface area contributed by atoms with E-state index in [0.29, 0.717) is 39.1 Å². The van der Waals surface area contributed by atoms with Crippen molar-refractivity contribution >= 4 is 15.9 Å². The summed E-state index contributed by atoms with van der Waals surface area (Å²) < 4.78 is 29.2. The minimum absolute atomic E-state index is 0.0238. The average Bonchev–Trinajstić information content (AvgIpc) is 2.42. The first-order valence-corrected chi connectivity index (χ1v) is 8.58. The molecule has 0 aliphatic carbocycles. The summed E-state index contributed by atoms with van der Waals surface area (Å²) in [7, 11) is -1.61. The third-order valence-electron chi connectivity index (χ3n) is 3.52. The lowest BCUT2D eigenvalue weighted by Crippen LogP contribution is -2.45. The van der Waals surface area contributed by atoms with E-state index < -0.39 is 10.0 Å². The number of carbonyl (C=O) groups excluding carboxylic acids is 1. The molecule has 1 rings (SSSR count). The van der Waals surface area contributed by atoms with Crippen LogP contribution in [0.25, 0.3) is 0 Å². The number of piperidine rings is 1. The highest BCUT2D eigenvalue weighted by atomic mass is 32.2. The Labute approximate surface area is 120 Å². The van der Waals surface area contributed by atoms with Crippen molar-refractivity contribution in [1.82, 2.24) is 9.21 Å². The summed E-state index contributed by atoms with van der Waals surface area (Å²) in [5.74, 6) is -0.194. The van der Waals surface area contributed by atoms with Gasteiger partial charge in [-0.15, -0.1) is 0 Å². The number of hydrogen-bond acceptors (Lipinski definition) is 5. The molecule has 7 nitrogen and oxygen atoms in total. The maximum Gasteiger partial charge on any atom is 0.225 e. The highest BCUT2D eigenvalue weighted by Crippen LogP contribution is 2.21. The van der Waals surface area contributed by atoms with Crippen LogP contribution in [0.3, 0.4) is 0 Å². The molecule has 1 N–H and O–H groups in total. The zero-order chi connectivity index (χ0) is 15.2. The van der Waals surface area contributed by atoms with Crippen LogP contribution in [-0.4, -0.2) is 81.4 Å². The Balaban J connectivity index is 2.55. The van der Waals surface area contributed by atoms with Crippen LogP contribution in [0.15, 0.2) is 0 Å². The minimum atomic E-state index is -3.17. The first-order valence-electron chi connectivity index (χ1n) is 6.74. The van der Waals surface area contributed by atoms with E-state index in [1.165, 1.54) is 10.6 Å². The smallest absolute Gasteiger partial charge is 0.225 e. The Bertz CT molecular complexity index is 404. The van der Waals surface area contributed by atoms with E-state index in [2.05, 4.69) is 0 Å². The van der Waals surface area contributed by atoms with Crippen molar-refractivity contribution in [2.24, 2.45) is 5.92 Å². The summed E-state index contributed by atoms with van der Waals surface area (Å²) in [5, 5.41) is 9.01. The highest BCUT2D eigenvalue weighted by Gasteiger charge is 2.31. The van der Waals surface area contributed by atoms with Crippen LogP contribution in [0, 0.1) is 5.92 Å². The molecule has 1 saturated heterocycles. The molecule has 1 aliphatic rings. The minimum Gasteiger partial charge on any atom is -0.395 e. The maximum atomic E-state index is 12.3. The molecule has 1 heterocycles. The van der Waals surface area contributed by atoms with E-state index in [4.69, 9.17) is 9.84 Å². The lowest BCUT2D eigenvalue weighted by molar-refractivity contribution is -0.137. The predicted octanol–water partition coefficient (Wildman–Crippen LogP) is -0.875. The molecule has 8 heteroatoms. The van der Waals surface area contributed by atoms with Crippen molar-refractivity contribution in [3.05, 3.63) is 0 Å². The molecule has 20 heavy (non-hydrogen) atoms. The number of hydrogen-bond donors (Lipinski definition) is 1. The number of sulfonamides is 1. The Morgan fingerprint density at radius 2 is 1.95 bits per heavy atom. The van der Waals surface area contributed by atoms with Gasteiger partial charge in [0, 0.05) is 39.2 Å². The van der Waals surface area contributed by atoms with Crippen LogP contribution >= 0.6 is 0 Å². The SMILES string of the molecule is COCCN(CCO)C(=O)C1CCN(S(C)(=O)=O)CC1. The van der Waals surface area contributed by atoms with Gasteiger partial charge in [0.05, 0.1) is 19.5 Å². The van der Waals surface area contributed by atoms with E-state index in [0.717, 1.165) is 0 Å². The molecule has 0 aromatic rings. The zero-order valence-corrected chi connectivity index (χ0v) is 12.9. The molecule has 0 aromatic heterocycles. The van der Waals surface area contributed by atoms with Gasteiger partial charge < -0.3 is 14.7 Å². The topological polar surface area (TPSA) is 87.2 Å². The Kier molecular flexibility index (Phi) is 6.87. The largest absolute Gasteiger partial charge is 0.395 e. The van der Waals surface area contributed by atoms with Gasteiger partial charge in [-0.05, 0) is 12.8 Å². The lowest BCUT2D eigenvalue weighted by atomic mass is 9.96.